The van der Waals surface area contributed by atoms with Crippen LogP contribution in [0.1, 0.15) is 0 Å². The Morgan fingerprint density at radius 2 is 2.05 bits per heavy atom. The van der Waals surface area contributed by atoms with Crippen molar-refractivity contribution in [3.05, 3.63) is 47.4 Å². The van der Waals surface area contributed by atoms with E-state index >= 15 is 0 Å². The number of benzene rings is 1. The molecule has 0 aliphatic rings. The number of aromatic nitrogens is 1. The summed E-state index contributed by atoms with van der Waals surface area (Å²) in [6.07, 6.45) is 1.18. The molecule has 1 heterocycles. The van der Waals surface area contributed by atoms with Gasteiger partial charge in [0, 0.05) is 11.9 Å². The summed E-state index contributed by atoms with van der Waals surface area (Å²) in [6.45, 7) is 0. The smallest absolute Gasteiger partial charge is 0.282 e. The molecule has 0 saturated carbocycles. The zero-order valence-corrected chi connectivity index (χ0v) is 11.0. The Balaban J connectivity index is 2.43. The summed E-state index contributed by atoms with van der Waals surface area (Å²) in [5.74, 6) is -0.949. The largest absolute Gasteiger partial charge is 0.399 e. The molecule has 19 heavy (non-hydrogen) atoms. The summed E-state index contributed by atoms with van der Waals surface area (Å²) in [5, 5.41) is -0.553. The van der Waals surface area contributed by atoms with Crippen LogP contribution in [0.3, 0.4) is 0 Å². The van der Waals surface area contributed by atoms with Crippen LogP contribution in [0.25, 0.3) is 0 Å². The Morgan fingerprint density at radius 3 is 2.74 bits per heavy atom. The fourth-order valence-electron chi connectivity index (χ4n) is 1.38. The van der Waals surface area contributed by atoms with Gasteiger partial charge in [0.1, 0.15) is 0 Å². The second-order valence-corrected chi connectivity index (χ2v) is 5.64. The molecule has 0 saturated heterocycles. The predicted octanol–water partition coefficient (Wildman–Crippen LogP) is 2.26. The first-order valence-electron chi connectivity index (χ1n) is 5.08. The topological polar surface area (TPSA) is 85.1 Å². The van der Waals surface area contributed by atoms with Crippen molar-refractivity contribution in [2.75, 3.05) is 10.5 Å². The number of hydrogen-bond acceptors (Lipinski definition) is 4. The molecule has 0 fully saturated rings. The molecule has 0 atom stereocenters. The van der Waals surface area contributed by atoms with Crippen LogP contribution >= 0.6 is 11.6 Å². The van der Waals surface area contributed by atoms with Crippen LogP contribution < -0.4 is 10.5 Å². The van der Waals surface area contributed by atoms with Gasteiger partial charge in [0.25, 0.3) is 10.0 Å². The van der Waals surface area contributed by atoms with Crippen molar-refractivity contribution in [1.29, 1.82) is 0 Å². The number of rotatable bonds is 3. The molecule has 0 spiro atoms. The fourth-order valence-corrected chi connectivity index (χ4v) is 2.68. The average Bonchev–Trinajstić information content (AvgIpc) is 2.34. The van der Waals surface area contributed by atoms with Crippen LogP contribution in [0.5, 0.6) is 0 Å². The molecule has 8 heteroatoms. The molecular formula is C11H9ClFN3O2S. The molecular weight excluding hydrogens is 293 g/mol. The Morgan fingerprint density at radius 1 is 1.32 bits per heavy atom. The Bertz CT molecular complexity index is 722. The van der Waals surface area contributed by atoms with Crippen LogP contribution in [0, 0.1) is 5.82 Å². The number of nitrogen functional groups attached to an aromatic ring is 1. The number of nitrogens with zero attached hydrogens (tertiary/aromatic N) is 1. The molecule has 0 bridgehead atoms. The molecule has 0 radical (unpaired) electrons. The third kappa shape index (κ3) is 2.94. The van der Waals surface area contributed by atoms with E-state index in [0.29, 0.717) is 5.69 Å². The average molecular weight is 302 g/mol. The second kappa shape index (κ2) is 5.02. The van der Waals surface area contributed by atoms with E-state index in [4.69, 9.17) is 17.3 Å². The van der Waals surface area contributed by atoms with Gasteiger partial charge in [-0.2, -0.15) is 8.42 Å². The number of hydrogen-bond donors (Lipinski definition) is 2. The van der Waals surface area contributed by atoms with E-state index in [9.17, 15) is 12.8 Å². The number of pyridine rings is 1. The van der Waals surface area contributed by atoms with E-state index in [0.717, 1.165) is 6.07 Å². The molecule has 3 N–H and O–H groups in total. The van der Waals surface area contributed by atoms with Crippen molar-refractivity contribution in [2.24, 2.45) is 0 Å². The van der Waals surface area contributed by atoms with Crippen molar-refractivity contribution in [2.45, 2.75) is 5.03 Å². The lowest BCUT2D eigenvalue weighted by Gasteiger charge is -2.10. The molecule has 100 valence electrons. The van der Waals surface area contributed by atoms with E-state index in [1.165, 1.54) is 30.5 Å². The van der Waals surface area contributed by atoms with Gasteiger partial charge in [-0.25, -0.2) is 9.37 Å². The van der Waals surface area contributed by atoms with Gasteiger partial charge in [-0.05, 0) is 30.3 Å². The van der Waals surface area contributed by atoms with Gasteiger partial charge in [-0.1, -0.05) is 11.6 Å². The van der Waals surface area contributed by atoms with Crippen LogP contribution in [-0.4, -0.2) is 13.4 Å². The highest BCUT2D eigenvalue weighted by molar-refractivity contribution is 7.92. The second-order valence-electron chi connectivity index (χ2n) is 3.64. The van der Waals surface area contributed by atoms with Crippen LogP contribution in [0.15, 0.2) is 41.6 Å². The van der Waals surface area contributed by atoms with Crippen molar-refractivity contribution < 1.29 is 12.8 Å². The van der Waals surface area contributed by atoms with Crippen LogP contribution in [0.4, 0.5) is 15.8 Å². The van der Waals surface area contributed by atoms with Crippen molar-refractivity contribution >= 4 is 33.0 Å². The van der Waals surface area contributed by atoms with E-state index < -0.39 is 20.9 Å². The number of anilines is 2. The Hall–Kier alpha value is -1.86. The molecule has 0 aliphatic heterocycles. The Labute approximate surface area is 114 Å². The van der Waals surface area contributed by atoms with E-state index in [-0.39, 0.29) is 10.7 Å². The molecule has 0 amide bonds. The van der Waals surface area contributed by atoms with Crippen molar-refractivity contribution in [1.82, 2.24) is 4.98 Å². The SMILES string of the molecule is Nc1ccc(Cl)c(NS(=O)(=O)c2ncccc2F)c1. The first-order chi connectivity index (χ1) is 8.90. The third-order valence-corrected chi connectivity index (χ3v) is 3.84. The highest BCUT2D eigenvalue weighted by Gasteiger charge is 2.21. The Kier molecular flexibility index (Phi) is 3.59. The number of sulfonamides is 1. The highest BCUT2D eigenvalue weighted by Crippen LogP contribution is 2.26. The normalized spacial score (nSPS) is 11.3. The van der Waals surface area contributed by atoms with Crippen molar-refractivity contribution in [3.63, 3.8) is 0 Å². The number of nitrogens with two attached hydrogens (primary N) is 1. The lowest BCUT2D eigenvalue weighted by atomic mass is 10.3. The summed E-state index contributed by atoms with van der Waals surface area (Å²) >= 11 is 5.83. The maximum absolute atomic E-state index is 13.4. The fraction of sp³-hybridized carbons (Fsp3) is 0. The minimum absolute atomic E-state index is 0.0618. The minimum Gasteiger partial charge on any atom is -0.399 e. The molecule has 2 rings (SSSR count). The van der Waals surface area contributed by atoms with E-state index in [2.05, 4.69) is 9.71 Å². The van der Waals surface area contributed by atoms with Gasteiger partial charge in [0.2, 0.25) is 5.03 Å². The standard InChI is InChI=1S/C11H9ClFN3O2S/c12-8-4-3-7(14)6-10(8)16-19(17,18)11-9(13)2-1-5-15-11/h1-6,16H,14H2. The zero-order chi connectivity index (χ0) is 14.0. The summed E-state index contributed by atoms with van der Waals surface area (Å²) in [7, 11) is -4.16. The zero-order valence-electron chi connectivity index (χ0n) is 9.47. The van der Waals surface area contributed by atoms with Gasteiger partial charge in [0.15, 0.2) is 5.82 Å². The molecule has 5 nitrogen and oxygen atoms in total. The monoisotopic (exact) mass is 301 g/mol. The number of nitrogens with one attached hydrogen (secondary N) is 1. The minimum atomic E-state index is -4.16. The first kappa shape index (κ1) is 13.6. The predicted molar refractivity (Wildman–Crippen MR) is 70.9 cm³/mol. The lowest BCUT2D eigenvalue weighted by molar-refractivity contribution is 0.557. The van der Waals surface area contributed by atoms with Crippen molar-refractivity contribution in [3.8, 4) is 0 Å². The van der Waals surface area contributed by atoms with Gasteiger partial charge in [-0.15, -0.1) is 0 Å². The molecule has 1 aromatic carbocycles. The summed E-state index contributed by atoms with van der Waals surface area (Å²) in [5.41, 5.74) is 5.92. The van der Waals surface area contributed by atoms with E-state index in [1.54, 1.807) is 0 Å². The summed E-state index contributed by atoms with van der Waals surface area (Å²) in [6, 6.07) is 6.58. The highest BCUT2D eigenvalue weighted by atomic mass is 35.5. The third-order valence-electron chi connectivity index (χ3n) is 2.21. The lowest BCUT2D eigenvalue weighted by Crippen LogP contribution is -2.16. The summed E-state index contributed by atoms with van der Waals surface area (Å²) in [4.78, 5) is 3.50. The molecule has 0 aliphatic carbocycles. The summed E-state index contributed by atoms with van der Waals surface area (Å²) < 4.78 is 39.5. The molecule has 2 aromatic rings. The van der Waals surface area contributed by atoms with Gasteiger partial charge < -0.3 is 5.73 Å². The van der Waals surface area contributed by atoms with E-state index in [1.807, 2.05) is 0 Å². The van der Waals surface area contributed by atoms with Crippen LogP contribution in [0.2, 0.25) is 5.02 Å². The molecule has 1 aromatic heterocycles. The maximum Gasteiger partial charge on any atom is 0.282 e. The van der Waals surface area contributed by atoms with Gasteiger partial charge >= 0.3 is 0 Å². The quantitative estimate of drug-likeness (QED) is 0.852. The van der Waals surface area contributed by atoms with Gasteiger partial charge in [-0.3, -0.25) is 4.72 Å². The maximum atomic E-state index is 13.4. The van der Waals surface area contributed by atoms with Crippen LogP contribution in [-0.2, 0) is 10.0 Å². The number of halogens is 2. The van der Waals surface area contributed by atoms with Gasteiger partial charge in [0.05, 0.1) is 10.7 Å². The molecule has 0 unspecified atom stereocenters. The first-order valence-corrected chi connectivity index (χ1v) is 6.94.